The minimum atomic E-state index is -0.394. The van der Waals surface area contributed by atoms with E-state index in [2.05, 4.69) is 16.8 Å². The van der Waals surface area contributed by atoms with Crippen molar-refractivity contribution in [3.05, 3.63) is 24.0 Å². The Morgan fingerprint density at radius 1 is 1.50 bits per heavy atom. The predicted octanol–water partition coefficient (Wildman–Crippen LogP) is 1.77. The third-order valence-corrected chi connectivity index (χ3v) is 3.29. The second-order valence-corrected chi connectivity index (χ2v) is 4.87. The quantitative estimate of drug-likeness (QED) is 0.742. The van der Waals surface area contributed by atoms with Gasteiger partial charge in [0.15, 0.2) is 5.78 Å². The molecule has 110 valence electrons. The summed E-state index contributed by atoms with van der Waals surface area (Å²) in [6.45, 7) is 7.77. The molecule has 1 aliphatic rings. The largest absolute Gasteiger partial charge is 0.492 e. The lowest BCUT2D eigenvalue weighted by atomic mass is 10.1. The van der Waals surface area contributed by atoms with Crippen LogP contribution in [0.25, 0.3) is 0 Å². The summed E-state index contributed by atoms with van der Waals surface area (Å²) >= 11 is 0. The Balaban J connectivity index is 2.04. The molecule has 1 atom stereocenters. The van der Waals surface area contributed by atoms with Crippen LogP contribution in [0.3, 0.4) is 0 Å². The normalized spacial score (nSPS) is 19.8. The van der Waals surface area contributed by atoms with Crippen molar-refractivity contribution in [3.8, 4) is 5.75 Å². The van der Waals surface area contributed by atoms with Gasteiger partial charge in [0, 0.05) is 24.8 Å². The summed E-state index contributed by atoms with van der Waals surface area (Å²) in [6.07, 6.45) is 3.88. The molecule has 5 nitrogen and oxygen atoms in total. The van der Waals surface area contributed by atoms with Crippen molar-refractivity contribution in [1.29, 1.82) is 0 Å². The molecule has 0 saturated carbocycles. The Kier molecular flexibility index (Phi) is 5.49. The van der Waals surface area contributed by atoms with Gasteiger partial charge in [0.2, 0.25) is 0 Å². The van der Waals surface area contributed by atoms with E-state index in [1.54, 1.807) is 18.5 Å². The van der Waals surface area contributed by atoms with Crippen molar-refractivity contribution in [2.75, 3.05) is 32.8 Å². The van der Waals surface area contributed by atoms with Gasteiger partial charge in [-0.1, -0.05) is 6.92 Å². The molecule has 0 amide bonds. The molecule has 1 aromatic rings. The summed E-state index contributed by atoms with van der Waals surface area (Å²) in [4.78, 5) is 18.8. The van der Waals surface area contributed by atoms with Gasteiger partial charge in [0.25, 0.3) is 0 Å². The Bertz CT molecular complexity index is 448. The Morgan fingerprint density at radius 2 is 2.35 bits per heavy atom. The molecule has 2 heterocycles. The number of rotatable bonds is 6. The van der Waals surface area contributed by atoms with Crippen LogP contribution < -0.4 is 4.74 Å². The molecule has 1 aromatic heterocycles. The Labute approximate surface area is 119 Å². The van der Waals surface area contributed by atoms with Crippen LogP contribution in [0.2, 0.25) is 0 Å². The smallest absolute Gasteiger partial charge is 0.194 e. The number of morpholine rings is 1. The molecule has 1 aliphatic heterocycles. The fourth-order valence-electron chi connectivity index (χ4n) is 2.37. The second kappa shape index (κ2) is 7.36. The van der Waals surface area contributed by atoms with Gasteiger partial charge in [-0.15, -0.1) is 0 Å². The molecule has 1 saturated heterocycles. The van der Waals surface area contributed by atoms with Crippen LogP contribution in [0, 0.1) is 0 Å². The summed E-state index contributed by atoms with van der Waals surface area (Å²) in [5.74, 6) is 0.611. The molecule has 0 aliphatic carbocycles. The zero-order valence-electron chi connectivity index (χ0n) is 12.2. The highest BCUT2D eigenvalue weighted by molar-refractivity contribution is 5.99. The number of Topliss-reactive ketones (excluding diaryl/α,β-unsaturated/α-hetero) is 1. The number of pyridine rings is 1. The SMILES string of the molecule is CCCN1CCOC(C(=O)c2cncc(OCC)c2)C1. The number of hydrogen-bond acceptors (Lipinski definition) is 5. The molecular formula is C15H22N2O3. The zero-order valence-corrected chi connectivity index (χ0v) is 12.2. The molecule has 0 spiro atoms. The van der Waals surface area contributed by atoms with E-state index >= 15 is 0 Å². The van der Waals surface area contributed by atoms with Gasteiger partial charge in [-0.05, 0) is 26.0 Å². The van der Waals surface area contributed by atoms with E-state index in [1.165, 1.54) is 0 Å². The summed E-state index contributed by atoms with van der Waals surface area (Å²) in [7, 11) is 0. The molecule has 0 N–H and O–H groups in total. The number of ether oxygens (including phenoxy) is 2. The summed E-state index contributed by atoms with van der Waals surface area (Å²) < 4.78 is 11.0. The average Bonchev–Trinajstić information content (AvgIpc) is 2.48. The van der Waals surface area contributed by atoms with E-state index in [0.29, 0.717) is 31.1 Å². The fourth-order valence-corrected chi connectivity index (χ4v) is 2.37. The van der Waals surface area contributed by atoms with E-state index in [9.17, 15) is 4.79 Å². The molecule has 1 fully saturated rings. The number of ketones is 1. The number of carbonyl (C=O) groups excluding carboxylic acids is 1. The average molecular weight is 278 g/mol. The van der Waals surface area contributed by atoms with Gasteiger partial charge in [0.05, 0.1) is 19.4 Å². The highest BCUT2D eigenvalue weighted by Gasteiger charge is 2.27. The lowest BCUT2D eigenvalue weighted by Gasteiger charge is -2.31. The van der Waals surface area contributed by atoms with Crippen molar-refractivity contribution in [3.63, 3.8) is 0 Å². The zero-order chi connectivity index (χ0) is 14.4. The van der Waals surface area contributed by atoms with Gasteiger partial charge in [-0.3, -0.25) is 14.7 Å². The topological polar surface area (TPSA) is 51.7 Å². The van der Waals surface area contributed by atoms with Crippen LogP contribution in [-0.4, -0.2) is 54.6 Å². The third kappa shape index (κ3) is 3.77. The van der Waals surface area contributed by atoms with Crippen molar-refractivity contribution >= 4 is 5.78 Å². The van der Waals surface area contributed by atoms with Crippen LogP contribution in [0.1, 0.15) is 30.6 Å². The van der Waals surface area contributed by atoms with Gasteiger partial charge in [-0.2, -0.15) is 0 Å². The van der Waals surface area contributed by atoms with E-state index < -0.39 is 6.10 Å². The molecule has 0 radical (unpaired) electrons. The highest BCUT2D eigenvalue weighted by Crippen LogP contribution is 2.16. The number of aromatic nitrogens is 1. The molecule has 2 rings (SSSR count). The van der Waals surface area contributed by atoms with Crippen molar-refractivity contribution in [2.45, 2.75) is 26.4 Å². The minimum absolute atomic E-state index is 0.0140. The maximum absolute atomic E-state index is 12.5. The van der Waals surface area contributed by atoms with Crippen LogP contribution >= 0.6 is 0 Å². The lowest BCUT2D eigenvalue weighted by molar-refractivity contribution is -0.0164. The predicted molar refractivity (Wildman–Crippen MR) is 76.2 cm³/mol. The first-order valence-corrected chi connectivity index (χ1v) is 7.20. The summed E-state index contributed by atoms with van der Waals surface area (Å²) in [6, 6.07) is 1.74. The first kappa shape index (κ1) is 14.9. The molecule has 1 unspecified atom stereocenters. The third-order valence-electron chi connectivity index (χ3n) is 3.29. The molecule has 20 heavy (non-hydrogen) atoms. The van der Waals surface area contributed by atoms with Gasteiger partial charge < -0.3 is 9.47 Å². The van der Waals surface area contributed by atoms with Crippen LogP contribution in [0.5, 0.6) is 5.75 Å². The van der Waals surface area contributed by atoms with E-state index in [4.69, 9.17) is 9.47 Å². The second-order valence-electron chi connectivity index (χ2n) is 4.87. The number of hydrogen-bond donors (Lipinski definition) is 0. The maximum atomic E-state index is 12.5. The first-order chi connectivity index (χ1) is 9.74. The lowest BCUT2D eigenvalue weighted by Crippen LogP contribution is -2.46. The number of carbonyl (C=O) groups is 1. The van der Waals surface area contributed by atoms with Crippen molar-refractivity contribution in [2.24, 2.45) is 0 Å². The maximum Gasteiger partial charge on any atom is 0.194 e. The van der Waals surface area contributed by atoms with Crippen molar-refractivity contribution < 1.29 is 14.3 Å². The monoisotopic (exact) mass is 278 g/mol. The first-order valence-electron chi connectivity index (χ1n) is 7.20. The van der Waals surface area contributed by atoms with Crippen LogP contribution in [-0.2, 0) is 4.74 Å². The van der Waals surface area contributed by atoms with E-state index in [1.807, 2.05) is 6.92 Å². The van der Waals surface area contributed by atoms with Gasteiger partial charge in [-0.25, -0.2) is 0 Å². The van der Waals surface area contributed by atoms with Crippen LogP contribution in [0.4, 0.5) is 0 Å². The van der Waals surface area contributed by atoms with Crippen LogP contribution in [0.15, 0.2) is 18.5 Å². The van der Waals surface area contributed by atoms with Gasteiger partial charge >= 0.3 is 0 Å². The molecule has 0 bridgehead atoms. The standard InChI is InChI=1S/C15H22N2O3/c1-3-5-17-6-7-20-14(11-17)15(18)12-8-13(19-4-2)10-16-9-12/h8-10,14H,3-7,11H2,1-2H3. The Morgan fingerprint density at radius 3 is 3.10 bits per heavy atom. The number of nitrogens with zero attached hydrogens (tertiary/aromatic N) is 2. The Hall–Kier alpha value is -1.46. The fraction of sp³-hybridized carbons (Fsp3) is 0.600. The summed E-state index contributed by atoms with van der Waals surface area (Å²) in [5.41, 5.74) is 0.555. The minimum Gasteiger partial charge on any atom is -0.492 e. The molecule has 0 aromatic carbocycles. The van der Waals surface area contributed by atoms with Gasteiger partial charge in [0.1, 0.15) is 11.9 Å². The van der Waals surface area contributed by atoms with E-state index in [-0.39, 0.29) is 5.78 Å². The molecular weight excluding hydrogens is 256 g/mol. The van der Waals surface area contributed by atoms with Crippen molar-refractivity contribution in [1.82, 2.24) is 9.88 Å². The van der Waals surface area contributed by atoms with E-state index in [0.717, 1.165) is 19.5 Å². The highest BCUT2D eigenvalue weighted by atomic mass is 16.5. The summed E-state index contributed by atoms with van der Waals surface area (Å²) in [5, 5.41) is 0. The molecule has 5 heteroatoms.